The van der Waals surface area contributed by atoms with E-state index >= 15 is 0 Å². The first-order chi connectivity index (χ1) is 9.06. The lowest BCUT2D eigenvalue weighted by molar-refractivity contribution is -0.142. The summed E-state index contributed by atoms with van der Waals surface area (Å²) in [6.45, 7) is 1.34. The third kappa shape index (κ3) is 5.04. The van der Waals surface area contributed by atoms with E-state index in [1.165, 1.54) is 0 Å². The summed E-state index contributed by atoms with van der Waals surface area (Å²) in [5, 5.41) is 23.3. The van der Waals surface area contributed by atoms with E-state index in [-0.39, 0.29) is 12.8 Å². The van der Waals surface area contributed by atoms with Crippen molar-refractivity contribution in [3.8, 4) is 0 Å². The third-order valence-electron chi connectivity index (χ3n) is 2.37. The Hall–Kier alpha value is -1.96. The van der Waals surface area contributed by atoms with Crippen LogP contribution in [0.15, 0.2) is 4.52 Å². The van der Waals surface area contributed by atoms with Crippen molar-refractivity contribution in [2.24, 2.45) is 0 Å². The Labute approximate surface area is 109 Å². The van der Waals surface area contributed by atoms with Gasteiger partial charge in [-0.05, 0) is 6.42 Å². The van der Waals surface area contributed by atoms with Crippen molar-refractivity contribution in [2.45, 2.75) is 38.6 Å². The van der Waals surface area contributed by atoms with Gasteiger partial charge in [0.15, 0.2) is 5.82 Å². The fourth-order valence-corrected chi connectivity index (χ4v) is 1.39. The van der Waals surface area contributed by atoms with Crippen LogP contribution in [0.1, 0.15) is 31.5 Å². The van der Waals surface area contributed by atoms with Crippen LogP contribution in [-0.2, 0) is 22.4 Å². The fraction of sp³-hybridized carbons (Fsp3) is 0.636. The number of nitrogens with zero attached hydrogens (tertiary/aromatic N) is 2. The number of carboxylic acids is 1. The molecule has 1 heterocycles. The first kappa shape index (κ1) is 15.1. The van der Waals surface area contributed by atoms with Crippen molar-refractivity contribution in [3.05, 3.63) is 11.7 Å². The number of rotatable bonds is 8. The molecule has 19 heavy (non-hydrogen) atoms. The number of aliphatic hydroxyl groups is 1. The summed E-state index contributed by atoms with van der Waals surface area (Å²) in [6.07, 6.45) is 1.87. The van der Waals surface area contributed by atoms with Crippen LogP contribution in [0.4, 0.5) is 0 Å². The third-order valence-corrected chi connectivity index (χ3v) is 2.37. The first-order valence-electron chi connectivity index (χ1n) is 6.01. The largest absolute Gasteiger partial charge is 0.480 e. The highest BCUT2D eigenvalue weighted by Crippen LogP contribution is 2.03. The maximum atomic E-state index is 11.4. The van der Waals surface area contributed by atoms with Crippen LogP contribution in [0.2, 0.25) is 0 Å². The Morgan fingerprint density at radius 3 is 2.74 bits per heavy atom. The summed E-state index contributed by atoms with van der Waals surface area (Å²) in [5.74, 6) is -0.832. The van der Waals surface area contributed by atoms with Crippen LogP contribution in [0, 0.1) is 0 Å². The van der Waals surface area contributed by atoms with Gasteiger partial charge in [-0.2, -0.15) is 4.98 Å². The lowest BCUT2D eigenvalue weighted by Crippen LogP contribution is -2.43. The molecule has 0 saturated carbocycles. The summed E-state index contributed by atoms with van der Waals surface area (Å²) < 4.78 is 4.94. The zero-order chi connectivity index (χ0) is 14.3. The molecule has 1 aromatic rings. The number of carboxylic acid groups (broad SMARTS) is 1. The SMILES string of the molecule is CCCc1noc(CCC(=O)N[C@@H](CO)C(=O)O)n1. The molecule has 0 unspecified atom stereocenters. The van der Waals surface area contributed by atoms with Crippen LogP contribution in [0.3, 0.4) is 0 Å². The van der Waals surface area contributed by atoms with Gasteiger partial charge < -0.3 is 20.1 Å². The lowest BCUT2D eigenvalue weighted by atomic mass is 10.2. The van der Waals surface area contributed by atoms with E-state index in [1.54, 1.807) is 0 Å². The minimum atomic E-state index is -1.29. The topological polar surface area (TPSA) is 126 Å². The van der Waals surface area contributed by atoms with Crippen LogP contribution in [0.5, 0.6) is 0 Å². The summed E-state index contributed by atoms with van der Waals surface area (Å²) in [5.41, 5.74) is 0. The van der Waals surface area contributed by atoms with Crippen molar-refractivity contribution < 1.29 is 24.3 Å². The van der Waals surface area contributed by atoms with Crippen molar-refractivity contribution in [1.29, 1.82) is 0 Å². The summed E-state index contributed by atoms with van der Waals surface area (Å²) >= 11 is 0. The molecule has 0 aliphatic heterocycles. The molecule has 3 N–H and O–H groups in total. The average molecular weight is 271 g/mol. The maximum absolute atomic E-state index is 11.4. The molecule has 8 heteroatoms. The molecule has 1 aromatic heterocycles. The normalized spacial score (nSPS) is 12.1. The second kappa shape index (κ2) is 7.47. The highest BCUT2D eigenvalue weighted by molar-refractivity contribution is 5.83. The van der Waals surface area contributed by atoms with E-state index in [2.05, 4.69) is 15.5 Å². The Balaban J connectivity index is 2.38. The molecule has 1 amide bonds. The Morgan fingerprint density at radius 2 is 2.16 bits per heavy atom. The molecule has 0 saturated heterocycles. The molecule has 0 aliphatic rings. The molecule has 0 radical (unpaired) electrons. The highest BCUT2D eigenvalue weighted by Gasteiger charge is 2.19. The van der Waals surface area contributed by atoms with Gasteiger partial charge in [0.1, 0.15) is 6.04 Å². The summed E-state index contributed by atoms with van der Waals surface area (Å²) in [6, 6.07) is -1.29. The molecule has 0 bridgehead atoms. The van der Waals surface area contributed by atoms with Crippen LogP contribution in [-0.4, -0.2) is 44.9 Å². The van der Waals surface area contributed by atoms with E-state index in [4.69, 9.17) is 14.7 Å². The van der Waals surface area contributed by atoms with Crippen LogP contribution < -0.4 is 5.32 Å². The number of carbonyl (C=O) groups excluding carboxylic acids is 1. The molecule has 0 aromatic carbocycles. The number of aryl methyl sites for hydroxylation is 2. The Morgan fingerprint density at radius 1 is 1.42 bits per heavy atom. The van der Waals surface area contributed by atoms with Gasteiger partial charge in [0.25, 0.3) is 0 Å². The average Bonchev–Trinajstić information content (AvgIpc) is 2.81. The Bertz CT molecular complexity index is 432. The number of nitrogens with one attached hydrogen (secondary N) is 1. The number of carbonyl (C=O) groups is 2. The molecule has 0 fully saturated rings. The van der Waals surface area contributed by atoms with Crippen molar-refractivity contribution in [3.63, 3.8) is 0 Å². The number of aliphatic hydroxyl groups excluding tert-OH is 1. The second-order valence-corrected chi connectivity index (χ2v) is 4.00. The molecule has 8 nitrogen and oxygen atoms in total. The van der Waals surface area contributed by atoms with E-state index in [0.29, 0.717) is 18.1 Å². The second-order valence-electron chi connectivity index (χ2n) is 4.00. The first-order valence-corrected chi connectivity index (χ1v) is 6.01. The van der Waals surface area contributed by atoms with E-state index < -0.39 is 24.5 Å². The summed E-state index contributed by atoms with van der Waals surface area (Å²) in [4.78, 5) is 26.1. The molecular formula is C11H17N3O5. The number of aliphatic carboxylic acids is 1. The minimum absolute atomic E-state index is 0.0253. The minimum Gasteiger partial charge on any atom is -0.480 e. The molecule has 1 rings (SSSR count). The van der Waals surface area contributed by atoms with Gasteiger partial charge in [0, 0.05) is 19.3 Å². The molecular weight excluding hydrogens is 254 g/mol. The van der Waals surface area contributed by atoms with Crippen molar-refractivity contribution in [2.75, 3.05) is 6.61 Å². The maximum Gasteiger partial charge on any atom is 0.328 e. The van der Waals surface area contributed by atoms with E-state index in [9.17, 15) is 9.59 Å². The van der Waals surface area contributed by atoms with Gasteiger partial charge in [-0.15, -0.1) is 0 Å². The number of hydrogen-bond donors (Lipinski definition) is 3. The standard InChI is InChI=1S/C11H17N3O5/c1-2-3-8-13-10(19-14-8)5-4-9(16)12-7(6-15)11(17)18/h7,15H,2-6H2,1H3,(H,12,16)(H,17,18)/t7-/m0/s1. The van der Waals surface area contributed by atoms with Gasteiger partial charge in [-0.1, -0.05) is 12.1 Å². The fourth-order valence-electron chi connectivity index (χ4n) is 1.39. The van der Waals surface area contributed by atoms with E-state index in [0.717, 1.165) is 6.42 Å². The lowest BCUT2D eigenvalue weighted by Gasteiger charge is -2.10. The predicted octanol–water partition coefficient (Wildman–Crippen LogP) is -0.484. The molecule has 106 valence electrons. The number of amides is 1. The van der Waals surface area contributed by atoms with Crippen LogP contribution >= 0.6 is 0 Å². The van der Waals surface area contributed by atoms with Gasteiger partial charge in [0.2, 0.25) is 11.8 Å². The highest BCUT2D eigenvalue weighted by atomic mass is 16.5. The van der Waals surface area contributed by atoms with Crippen LogP contribution in [0.25, 0.3) is 0 Å². The molecule has 0 aliphatic carbocycles. The zero-order valence-corrected chi connectivity index (χ0v) is 10.6. The molecule has 0 spiro atoms. The van der Waals surface area contributed by atoms with Crippen molar-refractivity contribution in [1.82, 2.24) is 15.5 Å². The Kier molecular flexibility index (Phi) is 5.94. The number of aromatic nitrogens is 2. The van der Waals surface area contributed by atoms with Gasteiger partial charge in [-0.25, -0.2) is 4.79 Å². The smallest absolute Gasteiger partial charge is 0.328 e. The monoisotopic (exact) mass is 271 g/mol. The van der Waals surface area contributed by atoms with Gasteiger partial charge >= 0.3 is 5.97 Å². The summed E-state index contributed by atoms with van der Waals surface area (Å²) in [7, 11) is 0. The van der Waals surface area contributed by atoms with Gasteiger partial charge in [0.05, 0.1) is 6.61 Å². The quantitative estimate of drug-likeness (QED) is 0.582. The van der Waals surface area contributed by atoms with Crippen molar-refractivity contribution >= 4 is 11.9 Å². The zero-order valence-electron chi connectivity index (χ0n) is 10.6. The molecule has 1 atom stereocenters. The predicted molar refractivity (Wildman–Crippen MR) is 63.3 cm³/mol. The number of hydrogen-bond acceptors (Lipinski definition) is 6. The van der Waals surface area contributed by atoms with Gasteiger partial charge in [-0.3, -0.25) is 4.79 Å². The van der Waals surface area contributed by atoms with E-state index in [1.807, 2.05) is 6.92 Å².